The zero-order valence-corrected chi connectivity index (χ0v) is 25.6. The van der Waals surface area contributed by atoms with Gasteiger partial charge in [0.1, 0.15) is 11.5 Å². The summed E-state index contributed by atoms with van der Waals surface area (Å²) < 4.78 is 46.4. The van der Waals surface area contributed by atoms with Crippen LogP contribution in [0.1, 0.15) is 81.5 Å². The van der Waals surface area contributed by atoms with Crippen molar-refractivity contribution in [3.63, 3.8) is 0 Å². The zero-order valence-electron chi connectivity index (χ0n) is 25.6. The molecule has 0 aromatic heterocycles. The van der Waals surface area contributed by atoms with Gasteiger partial charge in [-0.25, -0.2) is 0 Å². The molecule has 5 nitrogen and oxygen atoms in total. The standard InChI is InChI=1S/C34H35F3N2O3.C2H6/c1-23(33(41)38-22-28-14-8-9-15-30(28)34(35,36)37)32(42-24(2)26-12-4-3-5-13-26)27-17-19-29(20-18-27)39-31(40)21-16-25-10-6-7-11-25;1-2/h3-5,8-9,12-15,17-20,25H,2,6-7,10-11,16,21-22H2,1H3,(H,38,41)(H,39,40);1-2H3/b32-23+;. The second kappa shape index (κ2) is 16.5. The molecule has 1 fully saturated rings. The number of nitrogens with one attached hydrogen (secondary N) is 2. The highest BCUT2D eigenvalue weighted by Gasteiger charge is 2.33. The number of halogens is 3. The lowest BCUT2D eigenvalue weighted by molar-refractivity contribution is -0.138. The van der Waals surface area contributed by atoms with E-state index in [1.165, 1.54) is 50.8 Å². The van der Waals surface area contributed by atoms with Gasteiger partial charge in [-0.05, 0) is 55.2 Å². The van der Waals surface area contributed by atoms with Crippen molar-refractivity contribution >= 4 is 29.0 Å². The SMILES string of the molecule is C=C(O/C(=C(\C)C(=O)NCc1ccccc1C(F)(F)F)c1ccc(NC(=O)CCC2CCCC2)cc1)c1ccccc1.CC. The van der Waals surface area contributed by atoms with Crippen molar-refractivity contribution in [3.05, 3.63) is 113 Å². The van der Waals surface area contributed by atoms with Gasteiger partial charge >= 0.3 is 6.18 Å². The Bertz CT molecular complexity index is 1420. The molecule has 0 aliphatic heterocycles. The molecule has 1 aliphatic carbocycles. The first-order valence-electron chi connectivity index (χ1n) is 15.1. The molecule has 2 N–H and O–H groups in total. The molecule has 0 radical (unpaired) electrons. The van der Waals surface area contributed by atoms with Gasteiger partial charge in [-0.15, -0.1) is 0 Å². The smallest absolute Gasteiger partial charge is 0.416 e. The summed E-state index contributed by atoms with van der Waals surface area (Å²) >= 11 is 0. The summed E-state index contributed by atoms with van der Waals surface area (Å²) in [6, 6.07) is 21.1. The molecule has 1 saturated carbocycles. The third kappa shape index (κ3) is 9.86. The topological polar surface area (TPSA) is 67.4 Å². The maximum atomic E-state index is 13.4. The van der Waals surface area contributed by atoms with Gasteiger partial charge in [0.2, 0.25) is 5.91 Å². The summed E-state index contributed by atoms with van der Waals surface area (Å²) in [4.78, 5) is 25.7. The Morgan fingerprint density at radius 2 is 1.50 bits per heavy atom. The molecule has 234 valence electrons. The highest BCUT2D eigenvalue weighted by molar-refractivity contribution is 6.00. The molecule has 0 saturated heterocycles. The number of hydrogen-bond donors (Lipinski definition) is 2. The van der Waals surface area contributed by atoms with Crippen LogP contribution in [0.4, 0.5) is 18.9 Å². The van der Waals surface area contributed by atoms with E-state index in [4.69, 9.17) is 4.74 Å². The third-order valence-electron chi connectivity index (χ3n) is 7.45. The molecule has 0 bridgehead atoms. The number of hydrogen-bond acceptors (Lipinski definition) is 3. The van der Waals surface area contributed by atoms with Gasteiger partial charge in [0, 0.05) is 29.8 Å². The molecule has 3 aromatic carbocycles. The summed E-state index contributed by atoms with van der Waals surface area (Å²) in [6.07, 6.45) is 1.66. The summed E-state index contributed by atoms with van der Waals surface area (Å²) in [5.74, 6) is 0.478. The van der Waals surface area contributed by atoms with Crippen LogP contribution in [0.3, 0.4) is 0 Å². The molecule has 1 aliphatic rings. The zero-order chi connectivity index (χ0) is 32.1. The van der Waals surface area contributed by atoms with E-state index in [1.54, 1.807) is 24.3 Å². The normalized spacial score (nSPS) is 13.7. The Balaban J connectivity index is 0.00000259. The summed E-state index contributed by atoms with van der Waals surface area (Å²) in [5.41, 5.74) is 1.16. The van der Waals surface area contributed by atoms with Crippen LogP contribution in [0.15, 0.2) is 91.0 Å². The quantitative estimate of drug-likeness (QED) is 0.169. The van der Waals surface area contributed by atoms with Crippen molar-refractivity contribution in [2.45, 2.75) is 72.0 Å². The second-order valence-corrected chi connectivity index (χ2v) is 10.5. The van der Waals surface area contributed by atoms with Crippen molar-refractivity contribution in [1.29, 1.82) is 0 Å². The highest BCUT2D eigenvalue weighted by Crippen LogP contribution is 2.32. The largest absolute Gasteiger partial charge is 0.456 e. The van der Waals surface area contributed by atoms with Gasteiger partial charge in [0.15, 0.2) is 0 Å². The van der Waals surface area contributed by atoms with Gasteiger partial charge in [-0.3, -0.25) is 9.59 Å². The monoisotopic (exact) mass is 606 g/mol. The van der Waals surface area contributed by atoms with E-state index in [2.05, 4.69) is 17.2 Å². The first kappa shape index (κ1) is 34.2. The highest BCUT2D eigenvalue weighted by atomic mass is 19.4. The predicted octanol–water partition coefficient (Wildman–Crippen LogP) is 9.38. The number of carbonyl (C=O) groups is 2. The Kier molecular flexibility index (Phi) is 12.8. The lowest BCUT2D eigenvalue weighted by atomic mass is 10.0. The molecule has 4 rings (SSSR count). The Labute approximate surface area is 258 Å². The number of ether oxygens (including phenoxy) is 1. The average Bonchev–Trinajstić information content (AvgIpc) is 3.56. The predicted molar refractivity (Wildman–Crippen MR) is 170 cm³/mol. The summed E-state index contributed by atoms with van der Waals surface area (Å²) in [6.45, 7) is 9.23. The van der Waals surface area contributed by atoms with Crippen LogP contribution in [0.2, 0.25) is 0 Å². The minimum atomic E-state index is -4.54. The number of amides is 2. The van der Waals surface area contributed by atoms with Crippen LogP contribution in [-0.2, 0) is 27.0 Å². The fraction of sp³-hybridized carbons (Fsp3) is 0.333. The number of carbonyl (C=O) groups excluding carboxylic acids is 2. The van der Waals surface area contributed by atoms with Crippen LogP contribution >= 0.6 is 0 Å². The second-order valence-electron chi connectivity index (χ2n) is 10.5. The molecule has 0 unspecified atom stereocenters. The van der Waals surface area contributed by atoms with Crippen LogP contribution < -0.4 is 10.6 Å². The molecular weight excluding hydrogens is 565 g/mol. The number of rotatable bonds is 11. The molecular formula is C36H41F3N2O3. The van der Waals surface area contributed by atoms with Gasteiger partial charge in [0.25, 0.3) is 5.91 Å². The first-order chi connectivity index (χ1) is 21.1. The van der Waals surface area contributed by atoms with Crippen molar-refractivity contribution in [2.24, 2.45) is 5.92 Å². The minimum absolute atomic E-state index is 0.0460. The van der Waals surface area contributed by atoms with Crippen LogP contribution in [-0.4, -0.2) is 11.8 Å². The maximum absolute atomic E-state index is 13.4. The number of anilines is 1. The molecule has 0 atom stereocenters. The number of alkyl halides is 3. The fourth-order valence-electron chi connectivity index (χ4n) is 5.08. The van der Waals surface area contributed by atoms with Crippen molar-refractivity contribution < 1.29 is 27.5 Å². The first-order valence-corrected chi connectivity index (χ1v) is 15.1. The lowest BCUT2D eigenvalue weighted by Crippen LogP contribution is -2.26. The van der Waals surface area contributed by atoms with Crippen LogP contribution in [0.5, 0.6) is 0 Å². The van der Waals surface area contributed by atoms with Gasteiger partial charge in [-0.1, -0.05) is 94.6 Å². The molecule has 44 heavy (non-hydrogen) atoms. The Morgan fingerprint density at radius 3 is 2.14 bits per heavy atom. The van der Waals surface area contributed by atoms with E-state index in [0.29, 0.717) is 34.9 Å². The fourth-order valence-corrected chi connectivity index (χ4v) is 5.08. The van der Waals surface area contributed by atoms with Crippen molar-refractivity contribution in [3.8, 4) is 0 Å². The van der Waals surface area contributed by atoms with Gasteiger partial charge in [-0.2, -0.15) is 13.2 Å². The number of benzene rings is 3. The molecule has 0 heterocycles. The lowest BCUT2D eigenvalue weighted by Gasteiger charge is -2.17. The molecule has 2 amide bonds. The van der Waals surface area contributed by atoms with E-state index in [-0.39, 0.29) is 29.3 Å². The Morgan fingerprint density at radius 1 is 0.886 bits per heavy atom. The van der Waals surface area contributed by atoms with E-state index < -0.39 is 17.6 Å². The molecule has 0 spiro atoms. The maximum Gasteiger partial charge on any atom is 0.416 e. The van der Waals surface area contributed by atoms with E-state index in [9.17, 15) is 22.8 Å². The minimum Gasteiger partial charge on any atom is -0.456 e. The molecule has 8 heteroatoms. The van der Waals surface area contributed by atoms with E-state index >= 15 is 0 Å². The summed E-state index contributed by atoms with van der Waals surface area (Å²) in [7, 11) is 0. The average molecular weight is 607 g/mol. The van der Waals surface area contributed by atoms with E-state index in [0.717, 1.165) is 12.5 Å². The van der Waals surface area contributed by atoms with Gasteiger partial charge in [0.05, 0.1) is 11.1 Å². The van der Waals surface area contributed by atoms with E-state index in [1.807, 2.05) is 44.2 Å². The Hall–Kier alpha value is -4.33. The van der Waals surface area contributed by atoms with Gasteiger partial charge < -0.3 is 15.4 Å². The van der Waals surface area contributed by atoms with Crippen LogP contribution in [0.25, 0.3) is 11.5 Å². The summed E-state index contributed by atoms with van der Waals surface area (Å²) in [5, 5.41) is 5.51. The van der Waals surface area contributed by atoms with Crippen LogP contribution in [0, 0.1) is 5.92 Å². The van der Waals surface area contributed by atoms with Crippen molar-refractivity contribution in [1.82, 2.24) is 5.32 Å². The third-order valence-corrected chi connectivity index (χ3v) is 7.45. The molecule has 3 aromatic rings. The van der Waals surface area contributed by atoms with Crippen molar-refractivity contribution in [2.75, 3.05) is 5.32 Å².